The first-order valence-electron chi connectivity index (χ1n) is 6.84. The van der Waals surface area contributed by atoms with Gasteiger partial charge in [0.05, 0.1) is 19.3 Å². The molecule has 0 fully saturated rings. The summed E-state index contributed by atoms with van der Waals surface area (Å²) in [6.45, 7) is 2.30. The van der Waals surface area contributed by atoms with Crippen molar-refractivity contribution in [1.29, 1.82) is 0 Å². The summed E-state index contributed by atoms with van der Waals surface area (Å²) in [5, 5.41) is 11.1. The molecule has 0 aliphatic heterocycles. The fraction of sp³-hybridized carbons (Fsp3) is 0.235. The van der Waals surface area contributed by atoms with Gasteiger partial charge in [-0.1, -0.05) is 23.7 Å². The Kier molecular flexibility index (Phi) is 5.41. The van der Waals surface area contributed by atoms with Crippen molar-refractivity contribution in [3.8, 4) is 5.75 Å². The number of hydrogen-bond acceptors (Lipinski definition) is 4. The minimum Gasteiger partial charge on any atom is -0.494 e. The van der Waals surface area contributed by atoms with E-state index in [0.717, 1.165) is 0 Å². The molecule has 22 heavy (non-hydrogen) atoms. The van der Waals surface area contributed by atoms with Crippen LogP contribution in [0.4, 0.5) is 0 Å². The van der Waals surface area contributed by atoms with Gasteiger partial charge in [-0.05, 0) is 48.4 Å². The molecule has 116 valence electrons. The van der Waals surface area contributed by atoms with E-state index in [0.29, 0.717) is 34.1 Å². The zero-order valence-corrected chi connectivity index (χ0v) is 13.1. The topological polar surface area (TPSA) is 55.8 Å². The quantitative estimate of drug-likeness (QED) is 0.855. The summed E-state index contributed by atoms with van der Waals surface area (Å²) in [5.41, 5.74) is 1.50. The molecule has 4 nitrogen and oxygen atoms in total. The van der Waals surface area contributed by atoms with E-state index >= 15 is 0 Å². The Morgan fingerprint density at radius 2 is 2.00 bits per heavy atom. The monoisotopic (exact) mass is 320 g/mol. The Bertz CT molecular complexity index is 669. The Balaban J connectivity index is 2.44. The number of aliphatic hydroxyl groups is 1. The number of methoxy groups -OCH3 is 1. The molecule has 1 atom stereocenters. The van der Waals surface area contributed by atoms with E-state index in [1.165, 1.54) is 7.11 Å². The van der Waals surface area contributed by atoms with Crippen molar-refractivity contribution >= 4 is 17.6 Å². The van der Waals surface area contributed by atoms with Gasteiger partial charge in [-0.2, -0.15) is 0 Å². The van der Waals surface area contributed by atoms with Gasteiger partial charge >= 0.3 is 5.97 Å². The minimum atomic E-state index is -0.914. The summed E-state index contributed by atoms with van der Waals surface area (Å²) in [6.07, 6.45) is -0.914. The highest BCUT2D eigenvalue weighted by Gasteiger charge is 2.16. The molecule has 0 aliphatic carbocycles. The van der Waals surface area contributed by atoms with Gasteiger partial charge in [0.2, 0.25) is 0 Å². The van der Waals surface area contributed by atoms with Crippen molar-refractivity contribution in [2.45, 2.75) is 13.0 Å². The number of carbonyl (C=O) groups excluding carboxylic acids is 1. The Hall–Kier alpha value is -2.04. The molecule has 0 aromatic heterocycles. The Morgan fingerprint density at radius 3 is 2.64 bits per heavy atom. The molecule has 0 heterocycles. The molecule has 0 amide bonds. The smallest absolute Gasteiger partial charge is 0.337 e. The van der Waals surface area contributed by atoms with Crippen LogP contribution in [0.2, 0.25) is 5.02 Å². The normalized spacial score (nSPS) is 11.8. The number of esters is 1. The molecule has 5 heteroatoms. The summed E-state index contributed by atoms with van der Waals surface area (Å²) >= 11 is 5.95. The number of carbonyl (C=O) groups is 1. The number of ether oxygens (including phenoxy) is 2. The molecule has 2 aromatic rings. The van der Waals surface area contributed by atoms with Crippen molar-refractivity contribution in [1.82, 2.24) is 0 Å². The van der Waals surface area contributed by atoms with E-state index in [1.54, 1.807) is 42.5 Å². The zero-order chi connectivity index (χ0) is 16.1. The average Bonchev–Trinajstić information content (AvgIpc) is 2.53. The van der Waals surface area contributed by atoms with E-state index in [2.05, 4.69) is 0 Å². The second kappa shape index (κ2) is 7.29. The minimum absolute atomic E-state index is 0.324. The van der Waals surface area contributed by atoms with Crippen LogP contribution in [0.5, 0.6) is 5.75 Å². The number of hydrogen-bond donors (Lipinski definition) is 1. The first-order chi connectivity index (χ1) is 10.5. The summed E-state index contributed by atoms with van der Waals surface area (Å²) in [5.74, 6) is 0.0163. The van der Waals surface area contributed by atoms with Gasteiger partial charge in [0, 0.05) is 5.02 Å². The van der Waals surface area contributed by atoms with Crippen molar-refractivity contribution in [3.05, 3.63) is 64.2 Å². The van der Waals surface area contributed by atoms with E-state index < -0.39 is 12.1 Å². The lowest BCUT2D eigenvalue weighted by Gasteiger charge is -2.15. The first-order valence-corrected chi connectivity index (χ1v) is 7.22. The summed E-state index contributed by atoms with van der Waals surface area (Å²) in [7, 11) is 1.31. The van der Waals surface area contributed by atoms with Crippen molar-refractivity contribution < 1.29 is 19.4 Å². The van der Waals surface area contributed by atoms with Crippen LogP contribution in [-0.4, -0.2) is 24.8 Å². The lowest BCUT2D eigenvalue weighted by molar-refractivity contribution is 0.0600. The highest BCUT2D eigenvalue weighted by Crippen LogP contribution is 2.28. The third kappa shape index (κ3) is 3.78. The SMILES string of the molecule is CCOc1cc(C(=O)OC)cc(C(O)c2cccc(Cl)c2)c1. The van der Waals surface area contributed by atoms with E-state index in [1.807, 2.05) is 6.92 Å². The third-order valence-corrected chi connectivity index (χ3v) is 3.38. The third-order valence-electron chi connectivity index (χ3n) is 3.14. The molecule has 0 radical (unpaired) electrons. The molecule has 0 saturated heterocycles. The van der Waals surface area contributed by atoms with Crippen LogP contribution in [0.25, 0.3) is 0 Å². The first kappa shape index (κ1) is 16.3. The predicted molar refractivity (Wildman–Crippen MR) is 84.5 cm³/mol. The van der Waals surface area contributed by atoms with Gasteiger partial charge in [0.15, 0.2) is 0 Å². The number of halogens is 1. The van der Waals surface area contributed by atoms with Gasteiger partial charge in [0.1, 0.15) is 11.9 Å². The van der Waals surface area contributed by atoms with E-state index in [-0.39, 0.29) is 0 Å². The Labute approximate surface area is 134 Å². The van der Waals surface area contributed by atoms with Crippen LogP contribution in [0.3, 0.4) is 0 Å². The average molecular weight is 321 g/mol. The van der Waals surface area contributed by atoms with E-state index in [9.17, 15) is 9.90 Å². The molecule has 2 aromatic carbocycles. The molecule has 0 aliphatic rings. The molecule has 0 spiro atoms. The number of rotatable bonds is 5. The maximum Gasteiger partial charge on any atom is 0.337 e. The summed E-state index contributed by atoms with van der Waals surface area (Å²) < 4.78 is 10.2. The van der Waals surface area contributed by atoms with Crippen molar-refractivity contribution in [2.75, 3.05) is 13.7 Å². The van der Waals surface area contributed by atoms with Crippen LogP contribution in [-0.2, 0) is 4.74 Å². The summed E-state index contributed by atoms with van der Waals surface area (Å²) in [6, 6.07) is 11.8. The Morgan fingerprint density at radius 1 is 1.23 bits per heavy atom. The van der Waals surface area contributed by atoms with Gasteiger partial charge in [0.25, 0.3) is 0 Å². The number of benzene rings is 2. The lowest BCUT2D eigenvalue weighted by Crippen LogP contribution is -2.06. The van der Waals surface area contributed by atoms with Crippen molar-refractivity contribution in [3.63, 3.8) is 0 Å². The molecule has 2 rings (SSSR count). The van der Waals surface area contributed by atoms with Gasteiger partial charge < -0.3 is 14.6 Å². The molecule has 0 bridgehead atoms. The molecular weight excluding hydrogens is 304 g/mol. The molecule has 1 unspecified atom stereocenters. The fourth-order valence-electron chi connectivity index (χ4n) is 2.13. The highest BCUT2D eigenvalue weighted by molar-refractivity contribution is 6.30. The molecule has 0 saturated carbocycles. The van der Waals surface area contributed by atoms with Gasteiger partial charge in [-0.25, -0.2) is 4.79 Å². The largest absolute Gasteiger partial charge is 0.494 e. The van der Waals surface area contributed by atoms with Crippen LogP contribution in [0.15, 0.2) is 42.5 Å². The van der Waals surface area contributed by atoms with E-state index in [4.69, 9.17) is 21.1 Å². The summed E-state index contributed by atoms with van der Waals surface area (Å²) in [4.78, 5) is 11.8. The zero-order valence-electron chi connectivity index (χ0n) is 12.4. The second-order valence-corrected chi connectivity index (χ2v) is 5.11. The highest BCUT2D eigenvalue weighted by atomic mass is 35.5. The van der Waals surface area contributed by atoms with Crippen LogP contribution in [0.1, 0.15) is 34.5 Å². The maximum atomic E-state index is 11.8. The van der Waals surface area contributed by atoms with Crippen LogP contribution in [0, 0.1) is 0 Å². The molecule has 1 N–H and O–H groups in total. The van der Waals surface area contributed by atoms with Crippen molar-refractivity contribution in [2.24, 2.45) is 0 Å². The van der Waals surface area contributed by atoms with Crippen LogP contribution < -0.4 is 4.74 Å². The lowest BCUT2D eigenvalue weighted by atomic mass is 9.99. The van der Waals surface area contributed by atoms with Crippen LogP contribution >= 0.6 is 11.6 Å². The molecular formula is C17H17ClO4. The maximum absolute atomic E-state index is 11.8. The van der Waals surface area contributed by atoms with Gasteiger partial charge in [-0.3, -0.25) is 0 Å². The fourth-order valence-corrected chi connectivity index (χ4v) is 2.33. The second-order valence-electron chi connectivity index (χ2n) is 4.67. The predicted octanol–water partition coefficient (Wildman–Crippen LogP) is 3.61. The standard InChI is InChI=1S/C17H17ClO4/c1-3-22-15-9-12(7-13(10-15)17(20)21-2)16(19)11-5-4-6-14(18)8-11/h4-10,16,19H,3H2,1-2H3. The van der Waals surface area contributed by atoms with Gasteiger partial charge in [-0.15, -0.1) is 0 Å². The number of aliphatic hydroxyl groups excluding tert-OH is 1.